The number of esters is 1. The van der Waals surface area contributed by atoms with Crippen molar-refractivity contribution in [2.45, 2.75) is 20.4 Å². The average molecular weight is 544 g/mol. The fraction of sp³-hybridized carbons (Fsp3) is 0.152. The van der Waals surface area contributed by atoms with Crippen molar-refractivity contribution in [1.29, 1.82) is 5.26 Å². The summed E-state index contributed by atoms with van der Waals surface area (Å²) in [5, 5.41) is 30.1. The van der Waals surface area contributed by atoms with Gasteiger partial charge in [-0.05, 0) is 60.9 Å². The number of anilines is 1. The standard InChI is InChI=1S/C33H29N5O3/c1-4-41-33(40)27(20-34)31(23-10-6-5-7-11-23)24-14-16-26(17-15-24)37(3)21-25-18-22(2)19-30(32(25)39)38-35-28-12-8-9-13-29(28)36-38/h5-19,39H,4,21H2,1-3H3. The number of phenols is 1. The van der Waals surface area contributed by atoms with Crippen molar-refractivity contribution in [3.05, 3.63) is 119 Å². The molecule has 5 aromatic rings. The highest BCUT2D eigenvalue weighted by Gasteiger charge is 2.20. The number of nitriles is 1. The van der Waals surface area contributed by atoms with Gasteiger partial charge in [0.15, 0.2) is 0 Å². The lowest BCUT2D eigenvalue weighted by Gasteiger charge is -2.22. The van der Waals surface area contributed by atoms with Gasteiger partial charge in [-0.2, -0.15) is 5.26 Å². The molecule has 0 aliphatic heterocycles. The molecule has 1 heterocycles. The molecule has 0 atom stereocenters. The maximum atomic E-state index is 12.6. The van der Waals surface area contributed by atoms with Gasteiger partial charge in [0.2, 0.25) is 0 Å². The van der Waals surface area contributed by atoms with Crippen LogP contribution in [0.25, 0.3) is 22.3 Å². The second-order valence-corrected chi connectivity index (χ2v) is 9.62. The number of aromatic nitrogens is 3. The Bertz CT molecular complexity index is 1750. The van der Waals surface area contributed by atoms with Crippen molar-refractivity contribution < 1.29 is 14.6 Å². The zero-order chi connectivity index (χ0) is 28.9. The molecule has 41 heavy (non-hydrogen) atoms. The van der Waals surface area contributed by atoms with E-state index in [0.29, 0.717) is 17.8 Å². The van der Waals surface area contributed by atoms with Gasteiger partial charge in [0.25, 0.3) is 0 Å². The van der Waals surface area contributed by atoms with Gasteiger partial charge in [0.05, 0.1) is 6.61 Å². The predicted octanol–water partition coefficient (Wildman–Crippen LogP) is 5.96. The summed E-state index contributed by atoms with van der Waals surface area (Å²) < 4.78 is 5.16. The van der Waals surface area contributed by atoms with Crippen LogP contribution in [0.4, 0.5) is 5.69 Å². The van der Waals surface area contributed by atoms with Gasteiger partial charge in [-0.15, -0.1) is 15.0 Å². The second-order valence-electron chi connectivity index (χ2n) is 9.62. The van der Waals surface area contributed by atoms with Crippen LogP contribution in [-0.2, 0) is 16.1 Å². The molecule has 0 aliphatic carbocycles. The van der Waals surface area contributed by atoms with Crippen molar-refractivity contribution >= 4 is 28.3 Å². The third kappa shape index (κ3) is 5.65. The average Bonchev–Trinajstić information content (AvgIpc) is 3.42. The van der Waals surface area contributed by atoms with Crippen molar-refractivity contribution in [2.24, 2.45) is 0 Å². The van der Waals surface area contributed by atoms with Crippen LogP contribution in [0, 0.1) is 18.3 Å². The number of hydrogen-bond acceptors (Lipinski definition) is 7. The summed E-state index contributed by atoms with van der Waals surface area (Å²) in [6.45, 7) is 4.28. The van der Waals surface area contributed by atoms with E-state index in [1.165, 1.54) is 4.80 Å². The number of carbonyl (C=O) groups excluding carboxylic acids is 1. The minimum Gasteiger partial charge on any atom is -0.505 e. The fourth-order valence-electron chi connectivity index (χ4n) is 4.77. The topological polar surface area (TPSA) is 104 Å². The number of aromatic hydroxyl groups is 1. The minimum atomic E-state index is -0.652. The van der Waals surface area contributed by atoms with E-state index in [4.69, 9.17) is 4.74 Å². The molecule has 8 heteroatoms. The number of hydrogen-bond donors (Lipinski definition) is 1. The number of rotatable bonds is 8. The predicted molar refractivity (Wildman–Crippen MR) is 159 cm³/mol. The highest BCUT2D eigenvalue weighted by Crippen LogP contribution is 2.32. The van der Waals surface area contributed by atoms with Gasteiger partial charge in [-0.3, -0.25) is 0 Å². The summed E-state index contributed by atoms with van der Waals surface area (Å²) in [5.41, 5.74) is 6.53. The molecule has 5 rings (SSSR count). The fourth-order valence-corrected chi connectivity index (χ4v) is 4.77. The number of nitrogens with zero attached hydrogens (tertiary/aromatic N) is 5. The molecule has 0 amide bonds. The molecule has 0 aliphatic rings. The Morgan fingerprint density at radius 2 is 1.56 bits per heavy atom. The molecule has 4 aromatic carbocycles. The Balaban J connectivity index is 1.45. The smallest absolute Gasteiger partial charge is 0.349 e. The first-order valence-electron chi connectivity index (χ1n) is 13.2. The molecule has 204 valence electrons. The van der Waals surface area contributed by atoms with Crippen molar-refractivity contribution in [3.63, 3.8) is 0 Å². The second kappa shape index (κ2) is 11.8. The largest absolute Gasteiger partial charge is 0.505 e. The monoisotopic (exact) mass is 543 g/mol. The van der Waals surface area contributed by atoms with E-state index in [0.717, 1.165) is 39.0 Å². The molecule has 0 radical (unpaired) electrons. The van der Waals surface area contributed by atoms with Gasteiger partial charge >= 0.3 is 5.97 Å². The molecule has 0 spiro atoms. The zero-order valence-electron chi connectivity index (χ0n) is 23.1. The van der Waals surface area contributed by atoms with Gasteiger partial charge < -0.3 is 14.7 Å². The van der Waals surface area contributed by atoms with Crippen molar-refractivity contribution in [1.82, 2.24) is 15.0 Å². The summed E-state index contributed by atoms with van der Waals surface area (Å²) >= 11 is 0. The molecule has 0 saturated heterocycles. The van der Waals surface area contributed by atoms with Crippen LogP contribution in [0.15, 0.2) is 96.6 Å². The van der Waals surface area contributed by atoms with Crippen LogP contribution in [-0.4, -0.2) is 39.7 Å². The number of fused-ring (bicyclic) bond motifs is 1. The molecular weight excluding hydrogens is 514 g/mol. The van der Waals surface area contributed by atoms with Gasteiger partial charge in [0.1, 0.15) is 34.1 Å². The number of benzene rings is 4. The quantitative estimate of drug-likeness (QED) is 0.146. The van der Waals surface area contributed by atoms with Crippen LogP contribution in [0.1, 0.15) is 29.2 Å². The number of phenolic OH excluding ortho intramolecular Hbond substituents is 1. The van der Waals surface area contributed by atoms with E-state index < -0.39 is 5.97 Å². The molecule has 0 unspecified atom stereocenters. The normalized spacial score (nSPS) is 11.6. The Labute approximate surface area is 238 Å². The van der Waals surface area contributed by atoms with E-state index in [1.54, 1.807) is 6.92 Å². The lowest BCUT2D eigenvalue weighted by Crippen LogP contribution is -2.17. The molecule has 1 aromatic heterocycles. The zero-order valence-corrected chi connectivity index (χ0v) is 23.1. The maximum Gasteiger partial charge on any atom is 0.349 e. The van der Waals surface area contributed by atoms with Crippen molar-refractivity contribution in [3.8, 4) is 17.5 Å². The first-order valence-corrected chi connectivity index (χ1v) is 13.2. The van der Waals surface area contributed by atoms with Gasteiger partial charge in [-0.25, -0.2) is 4.79 Å². The summed E-state index contributed by atoms with van der Waals surface area (Å²) in [4.78, 5) is 16.1. The SMILES string of the molecule is CCOC(=O)C(C#N)=C(c1ccccc1)c1ccc(N(C)Cc2cc(C)cc(-n3nc4ccccc4n3)c2O)cc1. The van der Waals surface area contributed by atoms with Crippen LogP contribution in [0.2, 0.25) is 0 Å². The van der Waals surface area contributed by atoms with E-state index >= 15 is 0 Å². The maximum absolute atomic E-state index is 12.6. The van der Waals surface area contributed by atoms with Crippen LogP contribution < -0.4 is 4.90 Å². The number of carbonyl (C=O) groups is 1. The molecule has 8 nitrogen and oxygen atoms in total. The Morgan fingerprint density at radius 1 is 0.951 bits per heavy atom. The van der Waals surface area contributed by atoms with E-state index in [9.17, 15) is 15.2 Å². The molecular formula is C33H29N5O3. The summed E-state index contributed by atoms with van der Waals surface area (Å²) in [7, 11) is 1.93. The Hall–Kier alpha value is -5.42. The van der Waals surface area contributed by atoms with Crippen LogP contribution in [0.3, 0.4) is 0 Å². The lowest BCUT2D eigenvalue weighted by molar-refractivity contribution is -0.137. The third-order valence-electron chi connectivity index (χ3n) is 6.72. The van der Waals surface area contributed by atoms with E-state index in [-0.39, 0.29) is 17.9 Å². The van der Waals surface area contributed by atoms with Gasteiger partial charge in [-0.1, -0.05) is 60.7 Å². The first kappa shape index (κ1) is 27.2. The van der Waals surface area contributed by atoms with Crippen molar-refractivity contribution in [2.75, 3.05) is 18.6 Å². The highest BCUT2D eigenvalue weighted by atomic mass is 16.5. The lowest BCUT2D eigenvalue weighted by atomic mass is 9.93. The van der Waals surface area contributed by atoms with Gasteiger partial charge in [0, 0.05) is 30.4 Å². The molecule has 0 saturated carbocycles. The Morgan fingerprint density at radius 3 is 2.17 bits per heavy atom. The van der Waals surface area contributed by atoms with E-state index in [2.05, 4.69) is 10.2 Å². The summed E-state index contributed by atoms with van der Waals surface area (Å²) in [5.74, 6) is -0.540. The third-order valence-corrected chi connectivity index (χ3v) is 6.72. The Kier molecular flexibility index (Phi) is 7.79. The summed E-state index contributed by atoms with van der Waals surface area (Å²) in [6.07, 6.45) is 0. The van der Waals surface area contributed by atoms with Crippen LogP contribution >= 0.6 is 0 Å². The summed E-state index contributed by atoms with van der Waals surface area (Å²) in [6, 6.07) is 30.4. The molecule has 1 N–H and O–H groups in total. The minimum absolute atomic E-state index is 0.0451. The molecule has 0 fully saturated rings. The first-order chi connectivity index (χ1) is 19.9. The molecule has 0 bridgehead atoms. The number of aryl methyl sites for hydroxylation is 1. The number of ether oxygens (including phenoxy) is 1. The highest BCUT2D eigenvalue weighted by molar-refractivity contribution is 6.05. The van der Waals surface area contributed by atoms with Crippen LogP contribution in [0.5, 0.6) is 5.75 Å². The van der Waals surface area contributed by atoms with E-state index in [1.807, 2.05) is 116 Å².